The largest absolute Gasteiger partial charge is 0.456 e. The minimum Gasteiger partial charge on any atom is -0.456 e. The second kappa shape index (κ2) is 4.35. The fourth-order valence-corrected chi connectivity index (χ4v) is 7.34. The van der Waals surface area contributed by atoms with Gasteiger partial charge in [-0.25, -0.2) is 0 Å². The van der Waals surface area contributed by atoms with E-state index in [2.05, 4.69) is 0 Å². The van der Waals surface area contributed by atoms with Gasteiger partial charge in [-0.2, -0.15) is 0 Å². The van der Waals surface area contributed by atoms with Crippen LogP contribution in [0.25, 0.3) is 0 Å². The summed E-state index contributed by atoms with van der Waals surface area (Å²) < 4.78 is 11.6. The Kier molecular flexibility index (Phi) is 2.78. The van der Waals surface area contributed by atoms with E-state index in [0.717, 1.165) is 18.4 Å². The molecule has 2 aliphatic heterocycles. The number of fused-ring (bicyclic) bond motifs is 2. The number of aliphatic hydroxyl groups excluding tert-OH is 2. The van der Waals surface area contributed by atoms with Crippen LogP contribution in [0, 0.1) is 28.6 Å². The standard InChI is InChI=1S/C19H24O6/c1-8-6-10(20)14(22)17(2)9(8)4-5-19-7-24-18(3)13(19)16(23)25-15(18)11(21)12(17)19/h6,9,11-15,21-22H,4-5,7H2,1-3H3/t9-,11+,12+,13-,14+,15-,17-,18+,19-/m0/s1. The molecule has 25 heavy (non-hydrogen) atoms. The molecule has 136 valence electrons. The highest BCUT2D eigenvalue weighted by atomic mass is 16.6. The van der Waals surface area contributed by atoms with Gasteiger partial charge >= 0.3 is 5.97 Å². The summed E-state index contributed by atoms with van der Waals surface area (Å²) in [5, 5.41) is 22.1. The normalized spacial score (nSPS) is 59.2. The van der Waals surface area contributed by atoms with Gasteiger partial charge in [0.25, 0.3) is 0 Å². The lowest BCUT2D eigenvalue weighted by atomic mass is 9.40. The zero-order valence-electron chi connectivity index (χ0n) is 14.7. The minimum atomic E-state index is -1.18. The molecule has 1 spiro atoms. The Labute approximate surface area is 146 Å². The highest BCUT2D eigenvalue weighted by Gasteiger charge is 2.81. The smallest absolute Gasteiger partial charge is 0.313 e. The van der Waals surface area contributed by atoms with Crippen LogP contribution in [-0.2, 0) is 19.1 Å². The van der Waals surface area contributed by atoms with E-state index < -0.39 is 46.6 Å². The van der Waals surface area contributed by atoms with E-state index in [1.165, 1.54) is 6.08 Å². The Bertz CT molecular complexity index is 729. The lowest BCUT2D eigenvalue weighted by molar-refractivity contribution is -0.205. The van der Waals surface area contributed by atoms with Gasteiger partial charge in [-0.1, -0.05) is 12.5 Å². The maximum absolute atomic E-state index is 12.6. The molecule has 6 nitrogen and oxygen atoms in total. The Morgan fingerprint density at radius 3 is 2.68 bits per heavy atom. The molecule has 0 radical (unpaired) electrons. The van der Waals surface area contributed by atoms with Gasteiger partial charge in [0.2, 0.25) is 0 Å². The summed E-state index contributed by atoms with van der Waals surface area (Å²) >= 11 is 0. The van der Waals surface area contributed by atoms with Crippen molar-refractivity contribution >= 4 is 11.8 Å². The topological polar surface area (TPSA) is 93.1 Å². The number of ether oxygens (including phenoxy) is 2. The first-order valence-corrected chi connectivity index (χ1v) is 9.10. The molecular weight excluding hydrogens is 324 g/mol. The Balaban J connectivity index is 1.73. The molecule has 2 heterocycles. The minimum absolute atomic E-state index is 0.00457. The quantitative estimate of drug-likeness (QED) is 0.623. The van der Waals surface area contributed by atoms with Crippen molar-refractivity contribution in [3.63, 3.8) is 0 Å². The number of ketones is 1. The molecule has 0 amide bonds. The lowest BCUT2D eigenvalue weighted by Crippen LogP contribution is -2.69. The van der Waals surface area contributed by atoms with Crippen LogP contribution in [0.5, 0.6) is 0 Å². The SMILES string of the molecule is CC1=CC(=O)[C@@H](O)[C@@]2(C)[C@H]1CC[C@@]13CO[C@]4(C)[C@@H]1C(=O)O[C@H]4[C@H](O)[C@@H]32. The molecule has 0 aromatic heterocycles. The van der Waals surface area contributed by atoms with Crippen molar-refractivity contribution in [2.45, 2.75) is 57.5 Å². The monoisotopic (exact) mass is 348 g/mol. The van der Waals surface area contributed by atoms with Crippen LogP contribution in [0.4, 0.5) is 0 Å². The summed E-state index contributed by atoms with van der Waals surface area (Å²) in [5.74, 6) is -1.47. The number of carbonyl (C=O) groups is 2. The van der Waals surface area contributed by atoms with Crippen molar-refractivity contribution in [2.75, 3.05) is 6.61 Å². The number of aliphatic hydroxyl groups is 2. The van der Waals surface area contributed by atoms with Gasteiger partial charge in [-0.05, 0) is 38.7 Å². The molecule has 0 aromatic carbocycles. The van der Waals surface area contributed by atoms with Crippen LogP contribution in [-0.4, -0.2) is 52.5 Å². The average Bonchev–Trinajstić information content (AvgIpc) is 2.90. The highest BCUT2D eigenvalue weighted by molar-refractivity contribution is 5.96. The predicted octanol–water partition coefficient (Wildman–Crippen LogP) is 0.600. The van der Waals surface area contributed by atoms with Crippen LogP contribution in [0.1, 0.15) is 33.6 Å². The number of allylic oxidation sites excluding steroid dienone is 1. The summed E-state index contributed by atoms with van der Waals surface area (Å²) in [7, 11) is 0. The van der Waals surface area contributed by atoms with Gasteiger partial charge in [-0.3, -0.25) is 9.59 Å². The molecule has 5 aliphatic rings. The van der Waals surface area contributed by atoms with E-state index in [1.54, 1.807) is 0 Å². The number of hydrogen-bond acceptors (Lipinski definition) is 6. The third-order valence-electron chi connectivity index (χ3n) is 8.21. The van der Waals surface area contributed by atoms with E-state index in [0.29, 0.717) is 6.61 Å². The highest BCUT2D eigenvalue weighted by Crippen LogP contribution is 2.72. The third kappa shape index (κ3) is 1.47. The molecule has 6 heteroatoms. The van der Waals surface area contributed by atoms with Crippen molar-refractivity contribution in [2.24, 2.45) is 28.6 Å². The first-order chi connectivity index (χ1) is 11.7. The molecule has 9 atom stereocenters. The summed E-state index contributed by atoms with van der Waals surface area (Å²) in [4.78, 5) is 25.1. The average molecular weight is 348 g/mol. The van der Waals surface area contributed by atoms with Crippen molar-refractivity contribution in [3.8, 4) is 0 Å². The molecular formula is C19H24O6. The molecule has 2 saturated carbocycles. The van der Waals surface area contributed by atoms with E-state index in [1.807, 2.05) is 20.8 Å². The molecule has 4 fully saturated rings. The van der Waals surface area contributed by atoms with Crippen LogP contribution in [0.15, 0.2) is 11.6 Å². The van der Waals surface area contributed by atoms with E-state index in [-0.39, 0.29) is 17.7 Å². The zero-order valence-corrected chi connectivity index (χ0v) is 14.7. The van der Waals surface area contributed by atoms with Gasteiger partial charge in [-0.15, -0.1) is 0 Å². The fraction of sp³-hybridized carbons (Fsp3) is 0.789. The predicted molar refractivity (Wildman–Crippen MR) is 85.3 cm³/mol. The number of esters is 1. The number of carbonyl (C=O) groups excluding carboxylic acids is 2. The molecule has 0 unspecified atom stereocenters. The Hall–Kier alpha value is -1.24. The Morgan fingerprint density at radius 1 is 1.24 bits per heavy atom. The first kappa shape index (κ1) is 16.0. The number of rotatable bonds is 0. The van der Waals surface area contributed by atoms with Gasteiger partial charge in [0.15, 0.2) is 11.9 Å². The van der Waals surface area contributed by atoms with Gasteiger partial charge < -0.3 is 19.7 Å². The number of hydrogen-bond donors (Lipinski definition) is 2. The third-order valence-corrected chi connectivity index (χ3v) is 8.21. The van der Waals surface area contributed by atoms with Crippen LogP contribution < -0.4 is 0 Å². The van der Waals surface area contributed by atoms with Crippen molar-refractivity contribution < 1.29 is 29.3 Å². The summed E-state index contributed by atoms with van der Waals surface area (Å²) in [6, 6.07) is 0. The van der Waals surface area contributed by atoms with E-state index >= 15 is 0 Å². The lowest BCUT2D eigenvalue weighted by Gasteiger charge is -2.62. The van der Waals surface area contributed by atoms with Crippen molar-refractivity contribution in [1.82, 2.24) is 0 Å². The maximum Gasteiger partial charge on any atom is 0.313 e. The summed E-state index contributed by atoms with van der Waals surface area (Å²) in [5.41, 5.74) is -1.27. The molecule has 4 bridgehead atoms. The molecule has 2 N–H and O–H groups in total. The Morgan fingerprint density at radius 2 is 1.96 bits per heavy atom. The second-order valence-corrected chi connectivity index (χ2v) is 9.11. The van der Waals surface area contributed by atoms with Crippen LogP contribution in [0.2, 0.25) is 0 Å². The van der Waals surface area contributed by atoms with Crippen molar-refractivity contribution in [3.05, 3.63) is 11.6 Å². The molecule has 3 aliphatic carbocycles. The first-order valence-electron chi connectivity index (χ1n) is 9.10. The summed E-state index contributed by atoms with van der Waals surface area (Å²) in [6.07, 6.45) is 0.155. The van der Waals surface area contributed by atoms with Crippen LogP contribution >= 0.6 is 0 Å². The van der Waals surface area contributed by atoms with Gasteiger partial charge in [0, 0.05) is 16.7 Å². The van der Waals surface area contributed by atoms with Gasteiger partial charge in [0.1, 0.15) is 11.7 Å². The fourth-order valence-electron chi connectivity index (χ4n) is 7.34. The summed E-state index contributed by atoms with van der Waals surface area (Å²) in [6.45, 7) is 6.04. The maximum atomic E-state index is 12.6. The van der Waals surface area contributed by atoms with E-state index in [9.17, 15) is 19.8 Å². The molecule has 0 aromatic rings. The van der Waals surface area contributed by atoms with Crippen molar-refractivity contribution in [1.29, 1.82) is 0 Å². The zero-order chi connectivity index (χ0) is 17.9. The van der Waals surface area contributed by atoms with Gasteiger partial charge in [0.05, 0.1) is 18.6 Å². The van der Waals surface area contributed by atoms with E-state index in [4.69, 9.17) is 9.47 Å². The van der Waals surface area contributed by atoms with Crippen LogP contribution in [0.3, 0.4) is 0 Å². The molecule has 5 rings (SSSR count). The second-order valence-electron chi connectivity index (χ2n) is 9.11. The molecule has 2 saturated heterocycles.